The summed E-state index contributed by atoms with van der Waals surface area (Å²) in [6, 6.07) is 20.3. The molecule has 2 aliphatic heterocycles. The van der Waals surface area contributed by atoms with Gasteiger partial charge in [0.2, 0.25) is 17.7 Å². The molecular weight excluding hydrogens is 1130 g/mol. The van der Waals surface area contributed by atoms with Gasteiger partial charge < -0.3 is 68.4 Å². The van der Waals surface area contributed by atoms with E-state index in [1.54, 1.807) is 11.3 Å². The number of hydrogen-bond acceptors (Lipinski definition) is 17. The Labute approximate surface area is 515 Å². The fraction of sp³-hybridized carbons (Fsp3) is 0.545. The first-order chi connectivity index (χ1) is 41.9. The van der Waals surface area contributed by atoms with Crippen molar-refractivity contribution in [3.63, 3.8) is 0 Å². The quantitative estimate of drug-likeness (QED) is 0.0227. The Morgan fingerprint density at radius 3 is 1.97 bits per heavy atom. The van der Waals surface area contributed by atoms with E-state index in [9.17, 15) is 29.1 Å². The van der Waals surface area contributed by atoms with Crippen LogP contribution in [0.25, 0.3) is 21.6 Å². The van der Waals surface area contributed by atoms with Crippen molar-refractivity contribution >= 4 is 40.5 Å². The molecule has 2 aromatic heterocycles. The number of aromatic nitrogens is 2. The molecule has 3 aromatic carbocycles. The number of nitrogens with zero attached hydrogens (tertiary/aromatic N) is 3. The van der Waals surface area contributed by atoms with Crippen molar-refractivity contribution in [2.24, 2.45) is 5.41 Å². The molecule has 2 fully saturated rings. The van der Waals surface area contributed by atoms with Gasteiger partial charge in [-0.3, -0.25) is 24.0 Å². The van der Waals surface area contributed by atoms with Crippen LogP contribution >= 0.6 is 11.3 Å². The standard InChI is InChI=1S/C66H90N6O14S/c1-9-71(52-20-22-79-23-21-52)57-38-51(37-56(46(57)4)59(74)19-18-55-44(2)36-45(3)69-63(55)76)49-14-16-54(17-15-49)86-35-34-84-31-30-82-27-26-80-24-25-81-28-29-83-32-33-85-42-60(75)70-62(66(6,7)8)65(78)72-41-53(73)39-58(72)64(77)67-40-48-10-12-50(13-11-48)61-47(5)68-43-87-61/h10-17,36-38,43,52-53,58,62,73H,9,18-35,39-42H2,1-8H3,(H,67,77)(H,69,76)(H,70,75)/t53?,58-,62+/m0/s1. The highest BCUT2D eigenvalue weighted by molar-refractivity contribution is 7.13. The number of aryl methyl sites for hydroxylation is 3. The van der Waals surface area contributed by atoms with E-state index >= 15 is 0 Å². The van der Waals surface area contributed by atoms with Crippen LogP contribution in [-0.2, 0) is 60.5 Å². The molecule has 7 rings (SSSR count). The number of pyridine rings is 1. The van der Waals surface area contributed by atoms with Crippen LogP contribution in [0.5, 0.6) is 5.75 Å². The van der Waals surface area contributed by atoms with E-state index in [0.29, 0.717) is 109 Å². The minimum Gasteiger partial charge on any atom is -0.491 e. The number of likely N-dealkylation sites (tertiary alicyclic amines) is 1. The maximum absolute atomic E-state index is 14.0. The van der Waals surface area contributed by atoms with Crippen molar-refractivity contribution in [1.82, 2.24) is 25.5 Å². The summed E-state index contributed by atoms with van der Waals surface area (Å²) in [7, 11) is 0. The third-order valence-electron chi connectivity index (χ3n) is 15.5. The smallest absolute Gasteiger partial charge is 0.251 e. The summed E-state index contributed by atoms with van der Waals surface area (Å²) in [5, 5.41) is 16.3. The van der Waals surface area contributed by atoms with Crippen molar-refractivity contribution < 1.29 is 62.2 Å². The number of benzene rings is 3. The Kier molecular flexibility index (Phi) is 26.9. The molecule has 2 saturated heterocycles. The molecule has 21 heteroatoms. The van der Waals surface area contributed by atoms with Gasteiger partial charge in [-0.15, -0.1) is 11.3 Å². The molecule has 0 bridgehead atoms. The largest absolute Gasteiger partial charge is 0.491 e. The van der Waals surface area contributed by atoms with Gasteiger partial charge in [-0.1, -0.05) is 57.2 Å². The Morgan fingerprint density at radius 2 is 1.39 bits per heavy atom. The second-order valence-electron chi connectivity index (χ2n) is 23.1. The number of carbonyl (C=O) groups is 4. The zero-order valence-corrected chi connectivity index (χ0v) is 52.8. The SMILES string of the molecule is CCN(c1cc(-c2ccc(OCCOCCOCCOCCOCCOCCOCC(=O)N[C@H](C(=O)N3CC(O)C[C@H]3C(=O)NCc3ccc(-c4scnc4C)cc3)C(C)(C)C)cc2)cc(C(=O)CCc2c(C)cc(C)[nH]c2=O)c1C)C1CCOCC1. The van der Waals surface area contributed by atoms with E-state index in [0.717, 1.165) is 74.7 Å². The normalized spacial score (nSPS) is 15.8. The van der Waals surface area contributed by atoms with E-state index in [2.05, 4.69) is 38.5 Å². The van der Waals surface area contributed by atoms with Crippen molar-refractivity contribution in [2.75, 3.05) is 117 Å². The number of nitrogens with one attached hydrogen (secondary N) is 3. The van der Waals surface area contributed by atoms with E-state index in [4.69, 9.17) is 37.9 Å². The van der Waals surface area contributed by atoms with Crippen LogP contribution in [0.1, 0.15) is 97.4 Å². The Morgan fingerprint density at radius 1 is 0.793 bits per heavy atom. The number of Topliss-reactive ketones (excluding diaryl/α,β-unsaturated/α-hetero) is 1. The van der Waals surface area contributed by atoms with Gasteiger partial charge in [-0.25, -0.2) is 4.98 Å². The van der Waals surface area contributed by atoms with Crippen LogP contribution in [0.2, 0.25) is 0 Å². The number of aromatic amines is 1. The molecule has 1 unspecified atom stereocenters. The lowest BCUT2D eigenvalue weighted by Crippen LogP contribution is -2.58. The lowest BCUT2D eigenvalue weighted by Gasteiger charge is -2.37. The number of anilines is 1. The first-order valence-corrected chi connectivity index (χ1v) is 31.3. The number of rotatable bonds is 35. The molecule has 4 N–H and O–H groups in total. The molecule has 3 atom stereocenters. The van der Waals surface area contributed by atoms with Crippen LogP contribution in [0, 0.1) is 33.1 Å². The molecule has 3 amide bonds. The highest BCUT2D eigenvalue weighted by Gasteiger charge is 2.44. The van der Waals surface area contributed by atoms with Crippen molar-refractivity contribution in [1.29, 1.82) is 0 Å². The monoisotopic (exact) mass is 1220 g/mol. The first kappa shape index (κ1) is 68.1. The number of aliphatic hydroxyl groups is 1. The summed E-state index contributed by atoms with van der Waals surface area (Å²) in [5.41, 5.74) is 10.8. The molecular formula is C66H90N6O14S. The fourth-order valence-electron chi connectivity index (χ4n) is 10.9. The fourth-order valence-corrected chi connectivity index (χ4v) is 11.7. The number of aliphatic hydroxyl groups excluding tert-OH is 1. The van der Waals surface area contributed by atoms with Gasteiger partial charge in [0.15, 0.2) is 5.78 Å². The van der Waals surface area contributed by atoms with Crippen molar-refractivity contribution in [3.05, 3.63) is 122 Å². The maximum Gasteiger partial charge on any atom is 0.251 e. The molecule has 0 aliphatic carbocycles. The summed E-state index contributed by atoms with van der Waals surface area (Å²) < 4.78 is 45.4. The predicted octanol–water partition coefficient (Wildman–Crippen LogP) is 7.51. The van der Waals surface area contributed by atoms with E-state index in [1.807, 2.05) is 115 Å². The summed E-state index contributed by atoms with van der Waals surface area (Å²) in [6.45, 7) is 21.8. The van der Waals surface area contributed by atoms with Gasteiger partial charge in [0.05, 0.1) is 94.9 Å². The molecule has 2 aliphatic rings. The maximum atomic E-state index is 14.0. The van der Waals surface area contributed by atoms with Gasteiger partial charge in [0, 0.05) is 74.2 Å². The molecule has 5 aromatic rings. The number of ketones is 1. The second-order valence-corrected chi connectivity index (χ2v) is 23.9. The number of H-pyrrole nitrogens is 1. The molecule has 0 radical (unpaired) electrons. The summed E-state index contributed by atoms with van der Waals surface area (Å²) >= 11 is 1.57. The predicted molar refractivity (Wildman–Crippen MR) is 335 cm³/mol. The summed E-state index contributed by atoms with van der Waals surface area (Å²) in [5.74, 6) is -0.602. The Balaban J connectivity index is 0.706. The minimum absolute atomic E-state index is 0.00631. The van der Waals surface area contributed by atoms with Crippen molar-refractivity contribution in [2.45, 2.75) is 118 Å². The Hall–Kier alpha value is -6.40. The number of ether oxygens (including phenoxy) is 8. The summed E-state index contributed by atoms with van der Waals surface area (Å²) in [4.78, 5) is 79.3. The van der Waals surface area contributed by atoms with Crippen molar-refractivity contribution in [3.8, 4) is 27.3 Å². The van der Waals surface area contributed by atoms with Crippen LogP contribution in [-0.4, -0.2) is 180 Å². The minimum atomic E-state index is -0.972. The number of hydrogen-bond donors (Lipinski definition) is 4. The third-order valence-corrected chi connectivity index (χ3v) is 16.5. The van der Waals surface area contributed by atoms with Crippen LogP contribution < -0.4 is 25.8 Å². The molecule has 0 spiro atoms. The average Bonchev–Trinajstić information content (AvgIpc) is 2.88. The van der Waals surface area contributed by atoms with Gasteiger partial charge in [-0.2, -0.15) is 0 Å². The number of thiazole rings is 1. The summed E-state index contributed by atoms with van der Waals surface area (Å²) in [6.07, 6.45) is 1.65. The second kappa shape index (κ2) is 34.4. The first-order valence-electron chi connectivity index (χ1n) is 30.4. The lowest BCUT2D eigenvalue weighted by atomic mass is 9.85. The van der Waals surface area contributed by atoms with Crippen LogP contribution in [0.4, 0.5) is 5.69 Å². The van der Waals surface area contributed by atoms with Gasteiger partial charge >= 0.3 is 0 Å². The van der Waals surface area contributed by atoms with E-state index in [1.165, 1.54) is 4.90 Å². The highest BCUT2D eigenvalue weighted by atomic mass is 32.1. The molecule has 0 saturated carbocycles. The number of β-amino-alcohol motifs (C(OH)–C–C–N with tert-alkyl or cyclic N) is 1. The lowest BCUT2D eigenvalue weighted by molar-refractivity contribution is -0.144. The third kappa shape index (κ3) is 20.6. The molecule has 4 heterocycles. The topological polar surface area (TPSA) is 239 Å². The molecule has 474 valence electrons. The number of amides is 3. The molecule has 87 heavy (non-hydrogen) atoms. The number of carbonyl (C=O) groups excluding carboxylic acids is 4. The van der Waals surface area contributed by atoms with Crippen LogP contribution in [0.15, 0.2) is 77.0 Å². The Bertz CT molecular complexity index is 3050. The van der Waals surface area contributed by atoms with E-state index < -0.39 is 35.4 Å². The van der Waals surface area contributed by atoms with Gasteiger partial charge in [0.25, 0.3) is 5.56 Å². The highest BCUT2D eigenvalue weighted by Crippen LogP contribution is 2.36. The van der Waals surface area contributed by atoms with E-state index in [-0.39, 0.29) is 63.0 Å². The average molecular weight is 1220 g/mol. The zero-order chi connectivity index (χ0) is 62.3. The van der Waals surface area contributed by atoms with Gasteiger partial charge in [0.1, 0.15) is 31.0 Å². The van der Waals surface area contributed by atoms with Gasteiger partial charge in [-0.05, 0) is 123 Å². The van der Waals surface area contributed by atoms with Crippen LogP contribution in [0.3, 0.4) is 0 Å². The molecule has 20 nitrogen and oxygen atoms in total. The zero-order valence-electron chi connectivity index (χ0n) is 52.0.